The Morgan fingerprint density at radius 3 is 2.92 bits per heavy atom. The molecule has 13 heavy (non-hydrogen) atoms. The van der Waals surface area contributed by atoms with E-state index in [0.717, 1.165) is 5.92 Å². The summed E-state index contributed by atoms with van der Waals surface area (Å²) in [5.41, 5.74) is 0.132. The summed E-state index contributed by atoms with van der Waals surface area (Å²) < 4.78 is 1.89. The van der Waals surface area contributed by atoms with E-state index in [1.165, 1.54) is 12.8 Å². The SMILES string of the molecule is C[C@H](C1CC1)n1cnc(C(=O)O)c1. The number of rotatable bonds is 3. The van der Waals surface area contributed by atoms with E-state index >= 15 is 0 Å². The molecule has 1 atom stereocenters. The molecule has 0 unspecified atom stereocenters. The summed E-state index contributed by atoms with van der Waals surface area (Å²) in [6, 6.07) is 0.389. The predicted octanol–water partition coefficient (Wildman–Crippen LogP) is 1.55. The van der Waals surface area contributed by atoms with Crippen LogP contribution in [0, 0.1) is 5.92 Å². The summed E-state index contributed by atoms with van der Waals surface area (Å²) in [4.78, 5) is 14.4. The van der Waals surface area contributed by atoms with Gasteiger partial charge in [-0.1, -0.05) is 0 Å². The summed E-state index contributed by atoms with van der Waals surface area (Å²) in [6.45, 7) is 2.10. The smallest absolute Gasteiger partial charge is 0.356 e. The van der Waals surface area contributed by atoms with Gasteiger partial charge in [0.1, 0.15) is 0 Å². The fourth-order valence-corrected chi connectivity index (χ4v) is 1.49. The number of carbonyl (C=O) groups is 1. The van der Waals surface area contributed by atoms with Crippen molar-refractivity contribution >= 4 is 5.97 Å². The molecule has 0 aromatic carbocycles. The number of nitrogens with zero attached hydrogens (tertiary/aromatic N) is 2. The van der Waals surface area contributed by atoms with Crippen LogP contribution in [-0.2, 0) is 0 Å². The van der Waals surface area contributed by atoms with Crippen molar-refractivity contribution in [1.82, 2.24) is 9.55 Å². The van der Waals surface area contributed by atoms with E-state index in [2.05, 4.69) is 11.9 Å². The molecular formula is C9H12N2O2. The van der Waals surface area contributed by atoms with Gasteiger partial charge in [0.05, 0.1) is 6.33 Å². The van der Waals surface area contributed by atoms with Crippen molar-refractivity contribution in [3.05, 3.63) is 18.2 Å². The highest BCUT2D eigenvalue weighted by Crippen LogP contribution is 2.39. The van der Waals surface area contributed by atoms with Crippen molar-refractivity contribution < 1.29 is 9.90 Å². The van der Waals surface area contributed by atoms with E-state index in [9.17, 15) is 4.79 Å². The summed E-state index contributed by atoms with van der Waals surface area (Å²) in [5.74, 6) is -0.238. The van der Waals surface area contributed by atoms with Gasteiger partial charge in [-0.2, -0.15) is 0 Å². The predicted molar refractivity (Wildman–Crippen MR) is 46.6 cm³/mol. The van der Waals surface area contributed by atoms with E-state index in [1.54, 1.807) is 12.5 Å². The fraction of sp³-hybridized carbons (Fsp3) is 0.556. The van der Waals surface area contributed by atoms with Crippen molar-refractivity contribution in [2.24, 2.45) is 5.92 Å². The van der Waals surface area contributed by atoms with Crippen LogP contribution in [-0.4, -0.2) is 20.6 Å². The third kappa shape index (κ3) is 1.56. The molecule has 4 nitrogen and oxygen atoms in total. The first-order valence-corrected chi connectivity index (χ1v) is 4.45. The highest BCUT2D eigenvalue weighted by molar-refractivity contribution is 5.84. The van der Waals surface area contributed by atoms with Gasteiger partial charge in [0.15, 0.2) is 5.69 Å². The van der Waals surface area contributed by atoms with Crippen molar-refractivity contribution in [3.8, 4) is 0 Å². The van der Waals surface area contributed by atoms with E-state index in [-0.39, 0.29) is 5.69 Å². The first-order chi connectivity index (χ1) is 6.18. The molecule has 1 aliphatic rings. The molecule has 70 valence electrons. The largest absolute Gasteiger partial charge is 0.476 e. The van der Waals surface area contributed by atoms with Crippen LogP contribution >= 0.6 is 0 Å². The van der Waals surface area contributed by atoms with Crippen LogP contribution < -0.4 is 0 Å². The zero-order valence-corrected chi connectivity index (χ0v) is 7.47. The van der Waals surface area contributed by atoms with Gasteiger partial charge in [-0.05, 0) is 25.7 Å². The minimum atomic E-state index is -0.957. The number of imidazole rings is 1. The molecule has 1 heterocycles. The molecule has 1 aromatic heterocycles. The van der Waals surface area contributed by atoms with E-state index in [4.69, 9.17) is 5.11 Å². The fourth-order valence-electron chi connectivity index (χ4n) is 1.49. The molecule has 0 spiro atoms. The lowest BCUT2D eigenvalue weighted by Gasteiger charge is -2.10. The Morgan fingerprint density at radius 2 is 2.46 bits per heavy atom. The number of aromatic nitrogens is 2. The van der Waals surface area contributed by atoms with Crippen molar-refractivity contribution in [2.45, 2.75) is 25.8 Å². The number of carboxylic acids is 1. The van der Waals surface area contributed by atoms with E-state index < -0.39 is 5.97 Å². The van der Waals surface area contributed by atoms with E-state index in [0.29, 0.717) is 6.04 Å². The lowest BCUT2D eigenvalue weighted by atomic mass is 10.2. The molecule has 4 heteroatoms. The van der Waals surface area contributed by atoms with Gasteiger partial charge >= 0.3 is 5.97 Å². The maximum atomic E-state index is 10.5. The third-order valence-corrected chi connectivity index (χ3v) is 2.60. The molecule has 1 aromatic rings. The Bertz CT molecular complexity index is 328. The van der Waals surface area contributed by atoms with Gasteiger partial charge in [0, 0.05) is 12.2 Å². The van der Waals surface area contributed by atoms with Gasteiger partial charge in [-0.15, -0.1) is 0 Å². The maximum absolute atomic E-state index is 10.5. The molecule has 0 bridgehead atoms. The quantitative estimate of drug-likeness (QED) is 0.767. The standard InChI is InChI=1S/C9H12N2O2/c1-6(7-2-3-7)11-4-8(9(12)13)10-5-11/h4-7H,2-3H2,1H3,(H,12,13)/t6-/m1/s1. The third-order valence-electron chi connectivity index (χ3n) is 2.60. The highest BCUT2D eigenvalue weighted by atomic mass is 16.4. The molecule has 0 aliphatic heterocycles. The first-order valence-electron chi connectivity index (χ1n) is 4.45. The van der Waals surface area contributed by atoms with Crippen LogP contribution in [0.4, 0.5) is 0 Å². The second-order valence-corrected chi connectivity index (χ2v) is 3.59. The Balaban J connectivity index is 2.16. The Kier molecular flexibility index (Phi) is 1.83. The molecule has 0 radical (unpaired) electrons. The Morgan fingerprint density at radius 1 is 1.77 bits per heavy atom. The number of aromatic carboxylic acids is 1. The lowest BCUT2D eigenvalue weighted by Crippen LogP contribution is -2.04. The monoisotopic (exact) mass is 180 g/mol. The van der Waals surface area contributed by atoms with Crippen molar-refractivity contribution in [1.29, 1.82) is 0 Å². The number of hydrogen-bond acceptors (Lipinski definition) is 2. The summed E-state index contributed by atoms with van der Waals surface area (Å²) >= 11 is 0. The molecule has 0 amide bonds. The van der Waals surface area contributed by atoms with Gasteiger partial charge < -0.3 is 9.67 Å². The topological polar surface area (TPSA) is 55.1 Å². The number of hydrogen-bond donors (Lipinski definition) is 1. The van der Waals surface area contributed by atoms with Crippen LogP contribution in [0.25, 0.3) is 0 Å². The van der Waals surface area contributed by atoms with Gasteiger partial charge in [-0.3, -0.25) is 0 Å². The Hall–Kier alpha value is -1.32. The second kappa shape index (κ2) is 2.87. The van der Waals surface area contributed by atoms with Crippen LogP contribution in [0.15, 0.2) is 12.5 Å². The van der Waals surface area contributed by atoms with Crippen LogP contribution in [0.5, 0.6) is 0 Å². The zero-order chi connectivity index (χ0) is 9.42. The number of carboxylic acid groups (broad SMARTS) is 1. The normalized spacial score (nSPS) is 18.5. The molecule has 1 saturated carbocycles. The zero-order valence-electron chi connectivity index (χ0n) is 7.47. The molecular weight excluding hydrogens is 168 g/mol. The summed E-state index contributed by atoms with van der Waals surface area (Å²) in [7, 11) is 0. The van der Waals surface area contributed by atoms with Crippen LogP contribution in [0.1, 0.15) is 36.3 Å². The summed E-state index contributed by atoms with van der Waals surface area (Å²) in [5, 5.41) is 8.66. The van der Waals surface area contributed by atoms with Crippen LogP contribution in [0.2, 0.25) is 0 Å². The second-order valence-electron chi connectivity index (χ2n) is 3.59. The maximum Gasteiger partial charge on any atom is 0.356 e. The molecule has 1 N–H and O–H groups in total. The van der Waals surface area contributed by atoms with Crippen molar-refractivity contribution in [3.63, 3.8) is 0 Å². The molecule has 1 aliphatic carbocycles. The average Bonchev–Trinajstić information content (AvgIpc) is 2.81. The lowest BCUT2D eigenvalue weighted by molar-refractivity contribution is 0.0691. The van der Waals surface area contributed by atoms with E-state index in [1.807, 2.05) is 4.57 Å². The van der Waals surface area contributed by atoms with Crippen molar-refractivity contribution in [2.75, 3.05) is 0 Å². The molecule has 0 saturated heterocycles. The molecule has 2 rings (SSSR count). The van der Waals surface area contributed by atoms with Gasteiger partial charge in [0.2, 0.25) is 0 Å². The summed E-state index contributed by atoms with van der Waals surface area (Å²) in [6.07, 6.45) is 5.71. The molecule has 1 fully saturated rings. The van der Waals surface area contributed by atoms with Gasteiger partial charge in [0.25, 0.3) is 0 Å². The minimum absolute atomic E-state index is 0.132. The first kappa shape index (κ1) is 8.29. The van der Waals surface area contributed by atoms with Gasteiger partial charge in [-0.25, -0.2) is 9.78 Å². The Labute approximate surface area is 76.2 Å². The highest BCUT2D eigenvalue weighted by Gasteiger charge is 2.29. The average molecular weight is 180 g/mol. The van der Waals surface area contributed by atoms with Crippen LogP contribution in [0.3, 0.4) is 0 Å². The minimum Gasteiger partial charge on any atom is -0.476 e.